The molecule has 4 rings (SSSR count). The number of carbonyl (C=O) groups is 2. The summed E-state index contributed by atoms with van der Waals surface area (Å²) < 4.78 is 6.88. The van der Waals surface area contributed by atoms with Crippen molar-refractivity contribution < 1.29 is 14.3 Å². The molecule has 3 aromatic rings. The second-order valence-electron chi connectivity index (χ2n) is 7.61. The third kappa shape index (κ3) is 4.09. The predicted molar refractivity (Wildman–Crippen MR) is 116 cm³/mol. The van der Waals surface area contributed by atoms with Crippen LogP contribution < -0.4 is 4.90 Å². The SMILES string of the molecule is CC(=O)c1ccc(C(=O)N(CC2CCCO2)c2nc3c(C)cc(C)cc3s2)cc1. The van der Waals surface area contributed by atoms with Crippen molar-refractivity contribution in [1.29, 1.82) is 0 Å². The maximum absolute atomic E-state index is 13.4. The molecule has 2 aromatic carbocycles. The minimum absolute atomic E-state index is 0.0165. The molecule has 29 heavy (non-hydrogen) atoms. The minimum Gasteiger partial charge on any atom is -0.376 e. The van der Waals surface area contributed by atoms with E-state index in [0.29, 0.717) is 22.8 Å². The van der Waals surface area contributed by atoms with Gasteiger partial charge in [0.25, 0.3) is 5.91 Å². The average Bonchev–Trinajstić information content (AvgIpc) is 3.35. The zero-order chi connectivity index (χ0) is 20.5. The molecule has 1 aliphatic heterocycles. The Morgan fingerprint density at radius 1 is 1.17 bits per heavy atom. The van der Waals surface area contributed by atoms with Gasteiger partial charge in [0.05, 0.1) is 22.9 Å². The molecule has 0 radical (unpaired) electrons. The molecule has 0 bridgehead atoms. The number of thiazole rings is 1. The minimum atomic E-state index is -0.121. The number of hydrogen-bond donors (Lipinski definition) is 0. The first-order chi connectivity index (χ1) is 13.9. The summed E-state index contributed by atoms with van der Waals surface area (Å²) in [5.74, 6) is -0.138. The second kappa shape index (κ2) is 8.05. The number of ether oxygens (including phenoxy) is 1. The van der Waals surface area contributed by atoms with E-state index in [1.54, 1.807) is 29.2 Å². The van der Waals surface area contributed by atoms with Gasteiger partial charge in [-0.15, -0.1) is 0 Å². The second-order valence-corrected chi connectivity index (χ2v) is 8.62. The first-order valence-corrected chi connectivity index (χ1v) is 10.7. The number of carbonyl (C=O) groups excluding carboxylic acids is 2. The third-order valence-corrected chi connectivity index (χ3v) is 6.27. The lowest BCUT2D eigenvalue weighted by Gasteiger charge is -2.23. The molecule has 1 saturated heterocycles. The summed E-state index contributed by atoms with van der Waals surface area (Å²) in [4.78, 5) is 31.5. The van der Waals surface area contributed by atoms with Crippen LogP contribution in [-0.4, -0.2) is 35.9 Å². The number of amides is 1. The van der Waals surface area contributed by atoms with Crippen molar-refractivity contribution in [1.82, 2.24) is 4.98 Å². The Hall–Kier alpha value is -2.57. The maximum Gasteiger partial charge on any atom is 0.260 e. The smallest absolute Gasteiger partial charge is 0.260 e. The summed E-state index contributed by atoms with van der Waals surface area (Å²) >= 11 is 1.53. The lowest BCUT2D eigenvalue weighted by molar-refractivity contribution is 0.0916. The molecule has 5 nitrogen and oxygen atoms in total. The first kappa shape index (κ1) is 19.7. The lowest BCUT2D eigenvalue weighted by atomic mass is 10.1. The molecule has 1 fully saturated rings. The molecular weight excluding hydrogens is 384 g/mol. The normalized spacial score (nSPS) is 16.3. The van der Waals surface area contributed by atoms with E-state index < -0.39 is 0 Å². The molecule has 0 spiro atoms. The number of benzene rings is 2. The Balaban J connectivity index is 1.72. The molecule has 1 aliphatic rings. The van der Waals surface area contributed by atoms with Crippen LogP contribution in [0.4, 0.5) is 5.13 Å². The third-order valence-electron chi connectivity index (χ3n) is 5.24. The van der Waals surface area contributed by atoms with Gasteiger partial charge in [0.1, 0.15) is 0 Å². The Kier molecular flexibility index (Phi) is 5.48. The first-order valence-electron chi connectivity index (χ1n) is 9.84. The number of aryl methyl sites for hydroxylation is 2. The van der Waals surface area contributed by atoms with Gasteiger partial charge in [-0.3, -0.25) is 14.5 Å². The number of nitrogens with zero attached hydrogens (tertiary/aromatic N) is 2. The van der Waals surface area contributed by atoms with Crippen LogP contribution in [0.3, 0.4) is 0 Å². The van der Waals surface area contributed by atoms with Gasteiger partial charge in [-0.2, -0.15) is 0 Å². The topological polar surface area (TPSA) is 59.5 Å². The van der Waals surface area contributed by atoms with Gasteiger partial charge in [0.15, 0.2) is 10.9 Å². The highest BCUT2D eigenvalue weighted by Gasteiger charge is 2.27. The van der Waals surface area contributed by atoms with Crippen LogP contribution >= 0.6 is 11.3 Å². The fourth-order valence-electron chi connectivity index (χ4n) is 3.72. The highest BCUT2D eigenvalue weighted by atomic mass is 32.1. The molecule has 1 atom stereocenters. The summed E-state index contributed by atoms with van der Waals surface area (Å²) in [7, 11) is 0. The number of ketones is 1. The summed E-state index contributed by atoms with van der Waals surface area (Å²) in [6, 6.07) is 11.0. The number of rotatable bonds is 5. The number of aromatic nitrogens is 1. The molecule has 1 unspecified atom stereocenters. The Labute approximate surface area is 174 Å². The zero-order valence-corrected chi connectivity index (χ0v) is 17.7. The van der Waals surface area contributed by atoms with Gasteiger partial charge < -0.3 is 4.74 Å². The van der Waals surface area contributed by atoms with E-state index in [1.165, 1.54) is 23.8 Å². The fourth-order valence-corrected chi connectivity index (χ4v) is 4.87. The van der Waals surface area contributed by atoms with Crippen LogP contribution in [0.1, 0.15) is 51.6 Å². The van der Waals surface area contributed by atoms with Crippen molar-refractivity contribution in [3.8, 4) is 0 Å². The molecular formula is C23H24N2O3S. The summed E-state index contributed by atoms with van der Waals surface area (Å²) in [5.41, 5.74) is 4.37. The van der Waals surface area contributed by atoms with E-state index in [2.05, 4.69) is 19.1 Å². The standard InChI is InChI=1S/C23H24N2O3S/c1-14-11-15(2)21-20(12-14)29-23(24-21)25(13-19-5-4-10-28-19)22(27)18-8-6-17(7-9-18)16(3)26/h6-9,11-12,19H,4-5,10,13H2,1-3H3. The highest BCUT2D eigenvalue weighted by Crippen LogP contribution is 2.33. The Morgan fingerprint density at radius 3 is 2.55 bits per heavy atom. The predicted octanol–water partition coefficient (Wildman–Crippen LogP) is 4.94. The van der Waals surface area contributed by atoms with Crippen LogP contribution in [0.5, 0.6) is 0 Å². The molecule has 1 aromatic heterocycles. The Morgan fingerprint density at radius 2 is 1.90 bits per heavy atom. The summed E-state index contributed by atoms with van der Waals surface area (Å²) in [6.07, 6.45) is 1.97. The van der Waals surface area contributed by atoms with E-state index in [1.807, 2.05) is 6.92 Å². The molecule has 1 amide bonds. The summed E-state index contributed by atoms with van der Waals surface area (Å²) in [6.45, 7) is 6.85. The quantitative estimate of drug-likeness (QED) is 0.561. The number of hydrogen-bond acceptors (Lipinski definition) is 5. The number of anilines is 1. The van der Waals surface area contributed by atoms with Gasteiger partial charge in [0.2, 0.25) is 0 Å². The largest absolute Gasteiger partial charge is 0.376 e. The van der Waals surface area contributed by atoms with Crippen LogP contribution in [-0.2, 0) is 4.74 Å². The average molecular weight is 409 g/mol. The molecule has 6 heteroatoms. The molecule has 150 valence electrons. The van der Waals surface area contributed by atoms with Crippen molar-refractivity contribution in [3.05, 3.63) is 58.7 Å². The molecule has 0 N–H and O–H groups in total. The monoisotopic (exact) mass is 408 g/mol. The van der Waals surface area contributed by atoms with Gasteiger partial charge in [-0.1, -0.05) is 29.5 Å². The Bertz CT molecular complexity index is 1070. The fraction of sp³-hybridized carbons (Fsp3) is 0.348. The van der Waals surface area contributed by atoms with E-state index in [9.17, 15) is 9.59 Å². The summed E-state index contributed by atoms with van der Waals surface area (Å²) in [5, 5.41) is 0.685. The van der Waals surface area contributed by atoms with Crippen molar-refractivity contribution >= 4 is 38.4 Å². The van der Waals surface area contributed by atoms with Crippen molar-refractivity contribution in [2.45, 2.75) is 39.7 Å². The van der Waals surface area contributed by atoms with Crippen molar-refractivity contribution in [2.75, 3.05) is 18.1 Å². The van der Waals surface area contributed by atoms with Crippen LogP contribution in [0, 0.1) is 13.8 Å². The number of Topliss-reactive ketones (excluding diaryl/α,β-unsaturated/α-hetero) is 1. The lowest BCUT2D eigenvalue weighted by Crippen LogP contribution is -2.37. The van der Waals surface area contributed by atoms with Crippen LogP contribution in [0.25, 0.3) is 10.2 Å². The van der Waals surface area contributed by atoms with Gasteiger partial charge in [-0.05, 0) is 62.9 Å². The van der Waals surface area contributed by atoms with Gasteiger partial charge in [0, 0.05) is 17.7 Å². The van der Waals surface area contributed by atoms with Crippen LogP contribution in [0.2, 0.25) is 0 Å². The van der Waals surface area contributed by atoms with Crippen LogP contribution in [0.15, 0.2) is 36.4 Å². The van der Waals surface area contributed by atoms with Crippen molar-refractivity contribution in [2.24, 2.45) is 0 Å². The van der Waals surface area contributed by atoms with E-state index >= 15 is 0 Å². The van der Waals surface area contributed by atoms with Gasteiger partial charge in [-0.25, -0.2) is 4.98 Å². The molecule has 0 saturated carbocycles. The highest BCUT2D eigenvalue weighted by molar-refractivity contribution is 7.22. The van der Waals surface area contributed by atoms with Crippen molar-refractivity contribution in [3.63, 3.8) is 0 Å². The number of fused-ring (bicyclic) bond motifs is 1. The molecule has 0 aliphatic carbocycles. The van der Waals surface area contributed by atoms with E-state index in [0.717, 1.165) is 35.2 Å². The molecule has 2 heterocycles. The zero-order valence-electron chi connectivity index (χ0n) is 16.9. The van der Waals surface area contributed by atoms with Gasteiger partial charge >= 0.3 is 0 Å². The maximum atomic E-state index is 13.4. The van der Waals surface area contributed by atoms with E-state index in [4.69, 9.17) is 9.72 Å². The van der Waals surface area contributed by atoms with E-state index in [-0.39, 0.29) is 17.8 Å².